The van der Waals surface area contributed by atoms with Gasteiger partial charge in [-0.15, -0.1) is 0 Å². The van der Waals surface area contributed by atoms with Crippen molar-refractivity contribution in [3.8, 4) is 11.5 Å². The lowest BCUT2D eigenvalue weighted by Crippen LogP contribution is -2.25. The van der Waals surface area contributed by atoms with Gasteiger partial charge in [-0.25, -0.2) is 0 Å². The molecule has 114 valence electrons. The van der Waals surface area contributed by atoms with E-state index in [9.17, 15) is 0 Å². The van der Waals surface area contributed by atoms with E-state index in [1.54, 1.807) is 21.3 Å². The van der Waals surface area contributed by atoms with E-state index in [0.29, 0.717) is 5.92 Å². The molecule has 0 aliphatic carbocycles. The number of ether oxygens (including phenoxy) is 3. The Kier molecular flexibility index (Phi) is 7.95. The van der Waals surface area contributed by atoms with Crippen molar-refractivity contribution in [2.75, 3.05) is 41.0 Å². The monoisotopic (exact) mass is 345 g/mol. The lowest BCUT2D eigenvalue weighted by molar-refractivity contribution is 0.198. The summed E-state index contributed by atoms with van der Waals surface area (Å²) in [6.45, 7) is 4.79. The van der Waals surface area contributed by atoms with Crippen molar-refractivity contribution in [1.29, 1.82) is 0 Å². The third-order valence-electron chi connectivity index (χ3n) is 3.11. The van der Waals surface area contributed by atoms with E-state index in [1.165, 1.54) is 5.56 Å². The minimum Gasteiger partial charge on any atom is -0.495 e. The van der Waals surface area contributed by atoms with Gasteiger partial charge in [-0.1, -0.05) is 13.0 Å². The van der Waals surface area contributed by atoms with Crippen molar-refractivity contribution in [2.24, 2.45) is 5.92 Å². The van der Waals surface area contributed by atoms with E-state index in [0.717, 1.165) is 42.1 Å². The highest BCUT2D eigenvalue weighted by molar-refractivity contribution is 9.10. The molecule has 1 aromatic carbocycles. The number of benzene rings is 1. The molecule has 0 radical (unpaired) electrons. The summed E-state index contributed by atoms with van der Waals surface area (Å²) in [5, 5.41) is 3.38. The number of methoxy groups -OCH3 is 3. The second-order valence-electron chi connectivity index (χ2n) is 4.78. The quantitative estimate of drug-likeness (QED) is 0.698. The lowest BCUT2D eigenvalue weighted by Gasteiger charge is -2.17. The Morgan fingerprint density at radius 3 is 2.55 bits per heavy atom. The average Bonchev–Trinajstić information content (AvgIpc) is 2.44. The first-order valence-corrected chi connectivity index (χ1v) is 7.52. The molecule has 4 nitrogen and oxygen atoms in total. The molecule has 20 heavy (non-hydrogen) atoms. The number of halogens is 1. The van der Waals surface area contributed by atoms with Crippen LogP contribution in [0.3, 0.4) is 0 Å². The molecule has 0 fully saturated rings. The highest BCUT2D eigenvalue weighted by Crippen LogP contribution is 2.37. The van der Waals surface area contributed by atoms with Crippen molar-refractivity contribution >= 4 is 15.9 Å². The third-order valence-corrected chi connectivity index (χ3v) is 3.86. The van der Waals surface area contributed by atoms with Gasteiger partial charge in [0.25, 0.3) is 0 Å². The van der Waals surface area contributed by atoms with Gasteiger partial charge >= 0.3 is 0 Å². The van der Waals surface area contributed by atoms with Crippen LogP contribution in [0.4, 0.5) is 0 Å². The molecule has 0 bridgehead atoms. The maximum atomic E-state index is 5.50. The molecule has 0 saturated heterocycles. The molecule has 1 unspecified atom stereocenters. The first kappa shape index (κ1) is 17.3. The molecule has 1 atom stereocenters. The van der Waals surface area contributed by atoms with Crippen LogP contribution in [0.5, 0.6) is 11.5 Å². The van der Waals surface area contributed by atoms with Crippen LogP contribution in [0, 0.1) is 5.92 Å². The second kappa shape index (κ2) is 9.21. The van der Waals surface area contributed by atoms with Gasteiger partial charge in [0.15, 0.2) is 0 Å². The summed E-state index contributed by atoms with van der Waals surface area (Å²) >= 11 is 3.53. The van der Waals surface area contributed by atoms with Crippen LogP contribution in [0.1, 0.15) is 12.5 Å². The fraction of sp³-hybridized carbons (Fsp3) is 0.600. The van der Waals surface area contributed by atoms with E-state index in [2.05, 4.69) is 34.2 Å². The Balaban J connectivity index is 2.65. The Bertz CT molecular complexity index is 412. The molecular weight excluding hydrogens is 322 g/mol. The standard InChI is InChI=1S/C15H24BrNO3/c1-11(10-17-7-8-18-2)9-12-5-6-13(19-3)14(16)15(12)20-4/h5-6,11,17H,7-10H2,1-4H3. The summed E-state index contributed by atoms with van der Waals surface area (Å²) < 4.78 is 16.7. The normalized spacial score (nSPS) is 12.2. The highest BCUT2D eigenvalue weighted by atomic mass is 79.9. The average molecular weight is 346 g/mol. The molecule has 1 rings (SSSR count). The molecule has 0 amide bonds. The summed E-state index contributed by atoms with van der Waals surface area (Å²) in [6.07, 6.45) is 0.950. The predicted molar refractivity (Wildman–Crippen MR) is 84.9 cm³/mol. The van der Waals surface area contributed by atoms with Gasteiger partial charge in [0, 0.05) is 13.7 Å². The fourth-order valence-electron chi connectivity index (χ4n) is 2.09. The smallest absolute Gasteiger partial charge is 0.140 e. The summed E-state index contributed by atoms with van der Waals surface area (Å²) in [5.74, 6) is 2.16. The number of hydrogen-bond acceptors (Lipinski definition) is 4. The Hall–Kier alpha value is -0.780. The summed E-state index contributed by atoms with van der Waals surface area (Å²) in [7, 11) is 5.05. The number of rotatable bonds is 9. The van der Waals surface area contributed by atoms with Crippen LogP contribution < -0.4 is 14.8 Å². The molecule has 1 N–H and O–H groups in total. The summed E-state index contributed by atoms with van der Waals surface area (Å²) in [4.78, 5) is 0. The van der Waals surface area contributed by atoms with Crippen LogP contribution >= 0.6 is 15.9 Å². The maximum Gasteiger partial charge on any atom is 0.140 e. The van der Waals surface area contributed by atoms with Gasteiger partial charge in [-0.3, -0.25) is 0 Å². The minimum atomic E-state index is 0.515. The highest BCUT2D eigenvalue weighted by Gasteiger charge is 2.14. The van der Waals surface area contributed by atoms with Crippen molar-refractivity contribution in [3.05, 3.63) is 22.2 Å². The van der Waals surface area contributed by atoms with Crippen molar-refractivity contribution in [1.82, 2.24) is 5.32 Å². The van der Waals surface area contributed by atoms with Crippen molar-refractivity contribution < 1.29 is 14.2 Å². The maximum absolute atomic E-state index is 5.50. The van der Waals surface area contributed by atoms with E-state index in [1.807, 2.05) is 6.07 Å². The molecule has 0 heterocycles. The molecule has 5 heteroatoms. The van der Waals surface area contributed by atoms with Crippen LogP contribution in [0.2, 0.25) is 0 Å². The zero-order valence-corrected chi connectivity index (χ0v) is 14.2. The zero-order valence-electron chi connectivity index (χ0n) is 12.7. The SMILES string of the molecule is COCCNCC(C)Cc1ccc(OC)c(Br)c1OC. The zero-order chi connectivity index (χ0) is 15.0. The molecule has 0 aliphatic rings. The Labute approximate surface area is 129 Å². The summed E-state index contributed by atoms with van der Waals surface area (Å²) in [5.41, 5.74) is 1.18. The van der Waals surface area contributed by atoms with Gasteiger partial charge in [0.1, 0.15) is 16.0 Å². The molecule has 0 aromatic heterocycles. The molecule has 0 aliphatic heterocycles. The molecule has 0 spiro atoms. The number of nitrogens with one attached hydrogen (secondary N) is 1. The van der Waals surface area contributed by atoms with Gasteiger partial charge in [0.05, 0.1) is 20.8 Å². The third kappa shape index (κ3) is 4.96. The van der Waals surface area contributed by atoms with Crippen molar-refractivity contribution in [2.45, 2.75) is 13.3 Å². The largest absolute Gasteiger partial charge is 0.495 e. The first-order chi connectivity index (χ1) is 9.63. The molecular formula is C15H24BrNO3. The van der Waals surface area contributed by atoms with Crippen LogP contribution in [-0.2, 0) is 11.2 Å². The number of hydrogen-bond donors (Lipinski definition) is 1. The van der Waals surface area contributed by atoms with E-state index < -0.39 is 0 Å². The fourth-order valence-corrected chi connectivity index (χ4v) is 2.80. The van der Waals surface area contributed by atoms with Crippen LogP contribution in [0.25, 0.3) is 0 Å². The van der Waals surface area contributed by atoms with Crippen LogP contribution in [0.15, 0.2) is 16.6 Å². The molecule has 0 saturated carbocycles. The lowest BCUT2D eigenvalue weighted by atomic mass is 10.00. The molecule has 1 aromatic rings. The second-order valence-corrected chi connectivity index (χ2v) is 5.57. The first-order valence-electron chi connectivity index (χ1n) is 6.73. The topological polar surface area (TPSA) is 39.7 Å². The van der Waals surface area contributed by atoms with Gasteiger partial charge < -0.3 is 19.5 Å². The van der Waals surface area contributed by atoms with E-state index >= 15 is 0 Å². The Morgan fingerprint density at radius 2 is 1.95 bits per heavy atom. The summed E-state index contributed by atoms with van der Waals surface area (Å²) in [6, 6.07) is 4.03. The van der Waals surface area contributed by atoms with Gasteiger partial charge in [-0.05, 0) is 46.4 Å². The van der Waals surface area contributed by atoms with Crippen molar-refractivity contribution in [3.63, 3.8) is 0 Å². The Morgan fingerprint density at radius 1 is 1.20 bits per heavy atom. The van der Waals surface area contributed by atoms with Crippen LogP contribution in [-0.4, -0.2) is 41.0 Å². The van der Waals surface area contributed by atoms with Gasteiger partial charge in [0.2, 0.25) is 0 Å². The van der Waals surface area contributed by atoms with Gasteiger partial charge in [-0.2, -0.15) is 0 Å². The van der Waals surface area contributed by atoms with E-state index in [4.69, 9.17) is 14.2 Å². The van der Waals surface area contributed by atoms with E-state index in [-0.39, 0.29) is 0 Å². The predicted octanol–water partition coefficient (Wildman–Crippen LogP) is 2.88. The minimum absolute atomic E-state index is 0.515.